The molecule has 0 aromatic carbocycles. The number of fused-ring (bicyclic) bond motifs is 2. The van der Waals surface area contributed by atoms with Crippen molar-refractivity contribution in [2.75, 3.05) is 0 Å². The topological polar surface area (TPSA) is 9.23 Å². The van der Waals surface area contributed by atoms with Crippen molar-refractivity contribution in [2.45, 2.75) is 31.8 Å². The Balaban J connectivity index is 1.90. The molecule has 2 aliphatic carbocycles. The fourth-order valence-electron chi connectivity index (χ4n) is 2.39. The van der Waals surface area contributed by atoms with Crippen LogP contribution in [0.4, 0.5) is 0 Å². The molecule has 56 valence electrons. The molecule has 0 aromatic rings. The molecule has 0 aromatic heterocycles. The maximum atomic E-state index is 5.25. The van der Waals surface area contributed by atoms with E-state index in [-0.39, 0.29) is 0 Å². The van der Waals surface area contributed by atoms with E-state index in [1.54, 1.807) is 0 Å². The average Bonchev–Trinajstić information content (AvgIpc) is 2.48. The molecule has 2 radical (unpaired) electrons. The first kappa shape index (κ1) is 6.93. The molecule has 2 aliphatic rings. The lowest BCUT2D eigenvalue weighted by atomic mass is 9.98. The van der Waals surface area contributed by atoms with Crippen molar-refractivity contribution in [2.24, 2.45) is 11.8 Å². The van der Waals surface area contributed by atoms with Crippen LogP contribution in [0.3, 0.4) is 0 Å². The molecule has 0 spiro atoms. The predicted molar refractivity (Wildman–Crippen MR) is 39.4 cm³/mol. The molecule has 2 fully saturated rings. The molecule has 0 aliphatic heterocycles. The fraction of sp³-hybridized carbons (Fsp3) is 0.875. The second-order valence-corrected chi connectivity index (χ2v) is 3.56. The molecule has 3 atom stereocenters. The standard InChI is InChI=1S/C8H11ClO/c9-5-10-8-4-6-1-2-7(8)3-6/h6-8H,1-4H2/t6-,7+,8+/m1/s1. The Morgan fingerprint density at radius 3 is 2.70 bits per heavy atom. The van der Waals surface area contributed by atoms with Crippen molar-refractivity contribution in [3.63, 3.8) is 0 Å². The molecule has 0 N–H and O–H groups in total. The fourth-order valence-corrected chi connectivity index (χ4v) is 2.50. The summed E-state index contributed by atoms with van der Waals surface area (Å²) in [5, 5.41) is 0. The van der Waals surface area contributed by atoms with Crippen molar-refractivity contribution in [3.8, 4) is 0 Å². The van der Waals surface area contributed by atoms with Gasteiger partial charge in [-0.3, -0.25) is 0 Å². The van der Waals surface area contributed by atoms with Gasteiger partial charge in [-0.1, -0.05) is 11.6 Å². The van der Waals surface area contributed by atoms with Crippen LogP contribution in [0.2, 0.25) is 0 Å². The number of hydrogen-bond acceptors (Lipinski definition) is 1. The molecule has 1 nitrogen and oxygen atoms in total. The summed E-state index contributed by atoms with van der Waals surface area (Å²) in [6.45, 7) is 0. The highest BCUT2D eigenvalue weighted by Crippen LogP contribution is 2.46. The summed E-state index contributed by atoms with van der Waals surface area (Å²) in [6, 6.07) is 2.27. The lowest BCUT2D eigenvalue weighted by molar-refractivity contribution is 0.0768. The third-order valence-corrected chi connectivity index (χ3v) is 2.96. The molecule has 0 amide bonds. The van der Waals surface area contributed by atoms with Crippen LogP contribution in [0.5, 0.6) is 0 Å². The second kappa shape index (κ2) is 2.71. The van der Waals surface area contributed by atoms with Crippen LogP contribution in [-0.4, -0.2) is 6.10 Å². The summed E-state index contributed by atoms with van der Waals surface area (Å²) in [4.78, 5) is 0. The maximum absolute atomic E-state index is 5.25. The summed E-state index contributed by atoms with van der Waals surface area (Å²) in [6.07, 6.45) is 5.73. The van der Waals surface area contributed by atoms with Gasteiger partial charge in [-0.15, -0.1) is 0 Å². The van der Waals surface area contributed by atoms with Gasteiger partial charge in [0, 0.05) is 0 Å². The Morgan fingerprint density at radius 2 is 2.20 bits per heavy atom. The van der Waals surface area contributed by atoms with E-state index in [2.05, 4.69) is 6.07 Å². The zero-order chi connectivity index (χ0) is 6.97. The smallest absolute Gasteiger partial charge is 0.237 e. The lowest BCUT2D eigenvalue weighted by Crippen LogP contribution is -2.18. The molecule has 0 heterocycles. The third-order valence-electron chi connectivity index (χ3n) is 2.87. The van der Waals surface area contributed by atoms with E-state index in [0.29, 0.717) is 6.10 Å². The minimum Gasteiger partial charge on any atom is -0.348 e. The Labute approximate surface area is 66.7 Å². The summed E-state index contributed by atoms with van der Waals surface area (Å²) in [5.41, 5.74) is 0. The van der Waals surface area contributed by atoms with Gasteiger partial charge in [0.2, 0.25) is 6.07 Å². The molecular formula is C8H11ClO. The molecular weight excluding hydrogens is 148 g/mol. The van der Waals surface area contributed by atoms with E-state index in [0.717, 1.165) is 11.8 Å². The van der Waals surface area contributed by atoms with Crippen LogP contribution >= 0.6 is 11.6 Å². The van der Waals surface area contributed by atoms with E-state index < -0.39 is 0 Å². The van der Waals surface area contributed by atoms with Gasteiger partial charge in [-0.25, -0.2) is 0 Å². The van der Waals surface area contributed by atoms with E-state index in [9.17, 15) is 0 Å². The first-order valence-corrected chi connectivity index (χ1v) is 4.29. The average molecular weight is 159 g/mol. The predicted octanol–water partition coefficient (Wildman–Crippen LogP) is 2.43. The van der Waals surface area contributed by atoms with Crippen molar-refractivity contribution < 1.29 is 4.74 Å². The third kappa shape index (κ3) is 1.06. The van der Waals surface area contributed by atoms with E-state index >= 15 is 0 Å². The zero-order valence-electron chi connectivity index (χ0n) is 5.85. The van der Waals surface area contributed by atoms with Gasteiger partial charge < -0.3 is 4.74 Å². The van der Waals surface area contributed by atoms with Gasteiger partial charge in [0.1, 0.15) is 0 Å². The summed E-state index contributed by atoms with van der Waals surface area (Å²) < 4.78 is 5.15. The zero-order valence-corrected chi connectivity index (χ0v) is 6.60. The van der Waals surface area contributed by atoms with Gasteiger partial charge in [0.05, 0.1) is 6.10 Å². The molecule has 0 unspecified atom stereocenters. The van der Waals surface area contributed by atoms with Crippen LogP contribution < -0.4 is 0 Å². The van der Waals surface area contributed by atoms with Crippen molar-refractivity contribution in [3.05, 3.63) is 6.07 Å². The maximum Gasteiger partial charge on any atom is 0.237 e. The summed E-state index contributed by atoms with van der Waals surface area (Å²) >= 11 is 5.25. The quantitative estimate of drug-likeness (QED) is 0.600. The summed E-state index contributed by atoms with van der Waals surface area (Å²) in [5.74, 6) is 1.72. The highest BCUT2D eigenvalue weighted by atomic mass is 35.5. The monoisotopic (exact) mass is 158 g/mol. The molecule has 0 saturated heterocycles. The first-order valence-electron chi connectivity index (χ1n) is 3.91. The molecule has 10 heavy (non-hydrogen) atoms. The molecule has 2 bridgehead atoms. The lowest BCUT2D eigenvalue weighted by Gasteiger charge is -2.19. The highest BCUT2D eigenvalue weighted by Gasteiger charge is 2.40. The Bertz CT molecular complexity index is 126. The van der Waals surface area contributed by atoms with Gasteiger partial charge in [0.25, 0.3) is 0 Å². The van der Waals surface area contributed by atoms with Crippen molar-refractivity contribution in [1.82, 2.24) is 0 Å². The van der Waals surface area contributed by atoms with Gasteiger partial charge in [-0.05, 0) is 37.5 Å². The number of ether oxygens (including phenoxy) is 1. The highest BCUT2D eigenvalue weighted by molar-refractivity contribution is 6.22. The van der Waals surface area contributed by atoms with Crippen LogP contribution in [0.1, 0.15) is 25.7 Å². The van der Waals surface area contributed by atoms with Crippen LogP contribution in [0.15, 0.2) is 0 Å². The largest absolute Gasteiger partial charge is 0.348 e. The van der Waals surface area contributed by atoms with Crippen molar-refractivity contribution >= 4 is 11.6 Å². The number of hydrogen-bond donors (Lipinski definition) is 0. The Morgan fingerprint density at radius 1 is 1.30 bits per heavy atom. The Hall–Kier alpha value is 0.250. The van der Waals surface area contributed by atoms with Gasteiger partial charge >= 0.3 is 0 Å². The number of halogens is 1. The summed E-state index contributed by atoms with van der Waals surface area (Å²) in [7, 11) is 0. The number of rotatable bonds is 2. The first-order chi connectivity index (χ1) is 4.90. The van der Waals surface area contributed by atoms with Gasteiger partial charge in [0.15, 0.2) is 0 Å². The van der Waals surface area contributed by atoms with Crippen LogP contribution in [0.25, 0.3) is 0 Å². The SMILES string of the molecule is Cl[C]O[C@H]1C[C@@H]2CC[C@H]1C2. The van der Waals surface area contributed by atoms with E-state index in [1.807, 2.05) is 0 Å². The van der Waals surface area contributed by atoms with Crippen LogP contribution in [-0.2, 0) is 4.74 Å². The molecule has 2 rings (SSSR count). The molecule has 2 saturated carbocycles. The normalized spacial score (nSPS) is 44.7. The van der Waals surface area contributed by atoms with Gasteiger partial charge in [-0.2, -0.15) is 0 Å². The minimum absolute atomic E-state index is 0.399. The second-order valence-electron chi connectivity index (χ2n) is 3.41. The van der Waals surface area contributed by atoms with E-state index in [4.69, 9.17) is 16.3 Å². The Kier molecular flexibility index (Phi) is 1.88. The van der Waals surface area contributed by atoms with E-state index in [1.165, 1.54) is 25.7 Å². The van der Waals surface area contributed by atoms with Crippen LogP contribution in [0, 0.1) is 17.9 Å². The molecule has 2 heteroatoms. The van der Waals surface area contributed by atoms with Crippen molar-refractivity contribution in [1.29, 1.82) is 0 Å². The minimum atomic E-state index is 0.399.